The lowest BCUT2D eigenvalue weighted by Crippen LogP contribution is -2.56. The van der Waals surface area contributed by atoms with Crippen LogP contribution in [0.2, 0.25) is 0 Å². The molecule has 5 nitrogen and oxygen atoms in total. The number of oxime groups is 1. The Kier molecular flexibility index (Phi) is 4.32. The summed E-state index contributed by atoms with van der Waals surface area (Å²) in [7, 11) is 0. The van der Waals surface area contributed by atoms with E-state index in [1.807, 2.05) is 0 Å². The molecule has 0 aliphatic heterocycles. The average Bonchev–Trinajstić information content (AvgIpc) is 2.53. The van der Waals surface area contributed by atoms with Gasteiger partial charge in [-0.05, 0) is 31.6 Å². The van der Waals surface area contributed by atoms with Crippen molar-refractivity contribution < 1.29 is 10.0 Å². The number of carbonyl (C=O) groups excluding carboxylic acids is 1. The Labute approximate surface area is 114 Å². The molecule has 2 fully saturated rings. The van der Waals surface area contributed by atoms with Crippen molar-refractivity contribution in [3.05, 3.63) is 0 Å². The zero-order valence-electron chi connectivity index (χ0n) is 11.7. The molecule has 0 aromatic carbocycles. The van der Waals surface area contributed by atoms with Crippen molar-refractivity contribution in [1.82, 2.24) is 5.32 Å². The van der Waals surface area contributed by atoms with E-state index in [0.717, 1.165) is 12.8 Å². The maximum absolute atomic E-state index is 12.5. The molecular weight excluding hydrogens is 242 g/mol. The highest BCUT2D eigenvalue weighted by molar-refractivity contribution is 6.07. The van der Waals surface area contributed by atoms with Crippen LogP contribution in [0, 0.1) is 11.3 Å². The first-order chi connectivity index (χ1) is 9.10. The summed E-state index contributed by atoms with van der Waals surface area (Å²) in [6.07, 6.45) is 8.23. The standard InChI is InChI=1S/C14H25N3O2/c1-10-6-3-2-4-7-11(10)16-13(18)14(8-5-9-14)12(15)17-19/h10-11,19H,2-9H2,1H3,(H2,15,17)(H,16,18). The number of amidine groups is 1. The van der Waals surface area contributed by atoms with Crippen molar-refractivity contribution in [3.63, 3.8) is 0 Å². The number of amides is 1. The molecule has 2 aliphatic carbocycles. The SMILES string of the molecule is CC1CCCCCC1NC(=O)C1(C(N)=NO)CCC1. The highest BCUT2D eigenvalue weighted by Gasteiger charge is 2.49. The van der Waals surface area contributed by atoms with E-state index in [4.69, 9.17) is 10.9 Å². The molecular formula is C14H25N3O2. The average molecular weight is 267 g/mol. The zero-order chi connectivity index (χ0) is 13.9. The van der Waals surface area contributed by atoms with Gasteiger partial charge in [-0.25, -0.2) is 0 Å². The lowest BCUT2D eigenvalue weighted by molar-refractivity contribution is -0.132. The van der Waals surface area contributed by atoms with Crippen LogP contribution >= 0.6 is 0 Å². The summed E-state index contributed by atoms with van der Waals surface area (Å²) in [6, 6.07) is 0.235. The van der Waals surface area contributed by atoms with Crippen LogP contribution in [0.1, 0.15) is 58.3 Å². The van der Waals surface area contributed by atoms with Crippen LogP contribution in [-0.4, -0.2) is 23.0 Å². The fourth-order valence-corrected chi connectivity index (χ4v) is 3.24. The molecule has 2 unspecified atom stereocenters. The topological polar surface area (TPSA) is 87.7 Å². The third-order valence-corrected chi connectivity index (χ3v) is 4.92. The van der Waals surface area contributed by atoms with Gasteiger partial charge in [-0.15, -0.1) is 0 Å². The molecule has 1 amide bonds. The Morgan fingerprint density at radius 1 is 1.26 bits per heavy atom. The van der Waals surface area contributed by atoms with Crippen LogP contribution in [0.3, 0.4) is 0 Å². The van der Waals surface area contributed by atoms with Crippen molar-refractivity contribution in [2.24, 2.45) is 22.2 Å². The van der Waals surface area contributed by atoms with E-state index in [1.54, 1.807) is 0 Å². The molecule has 0 saturated heterocycles. The Bertz CT molecular complexity index is 364. The van der Waals surface area contributed by atoms with Crippen LogP contribution in [0.5, 0.6) is 0 Å². The van der Waals surface area contributed by atoms with Crippen LogP contribution in [0.15, 0.2) is 5.16 Å². The van der Waals surface area contributed by atoms with E-state index in [1.165, 1.54) is 25.7 Å². The first kappa shape index (κ1) is 14.2. The highest BCUT2D eigenvalue weighted by atomic mass is 16.4. The van der Waals surface area contributed by atoms with Gasteiger partial charge in [0.05, 0.1) is 0 Å². The Balaban J connectivity index is 2.03. The number of rotatable bonds is 3. The van der Waals surface area contributed by atoms with Crippen LogP contribution in [-0.2, 0) is 4.79 Å². The minimum atomic E-state index is -0.749. The maximum Gasteiger partial charge on any atom is 0.234 e. The van der Waals surface area contributed by atoms with E-state index in [0.29, 0.717) is 18.8 Å². The molecule has 19 heavy (non-hydrogen) atoms. The van der Waals surface area contributed by atoms with Crippen molar-refractivity contribution in [2.75, 3.05) is 0 Å². The highest BCUT2D eigenvalue weighted by Crippen LogP contribution is 2.41. The molecule has 0 heterocycles. The molecule has 2 rings (SSSR count). The van der Waals surface area contributed by atoms with Gasteiger partial charge in [0.1, 0.15) is 5.41 Å². The second-order valence-corrected chi connectivity index (χ2v) is 6.12. The van der Waals surface area contributed by atoms with Gasteiger partial charge < -0.3 is 16.3 Å². The number of hydrogen-bond acceptors (Lipinski definition) is 3. The Morgan fingerprint density at radius 3 is 2.53 bits per heavy atom. The largest absolute Gasteiger partial charge is 0.409 e. The first-order valence-electron chi connectivity index (χ1n) is 7.39. The molecule has 2 saturated carbocycles. The molecule has 0 bridgehead atoms. The third kappa shape index (κ3) is 2.69. The van der Waals surface area contributed by atoms with Gasteiger partial charge in [-0.2, -0.15) is 0 Å². The summed E-state index contributed by atoms with van der Waals surface area (Å²) in [5.74, 6) is 0.529. The minimum Gasteiger partial charge on any atom is -0.409 e. The molecule has 0 aromatic rings. The van der Waals surface area contributed by atoms with Gasteiger partial charge in [0.2, 0.25) is 5.91 Å². The molecule has 5 heteroatoms. The van der Waals surface area contributed by atoms with Crippen molar-refractivity contribution in [2.45, 2.75) is 64.3 Å². The number of nitrogens with zero attached hydrogens (tertiary/aromatic N) is 1. The van der Waals surface area contributed by atoms with Crippen molar-refractivity contribution in [1.29, 1.82) is 0 Å². The number of carbonyl (C=O) groups is 1. The minimum absolute atomic E-state index is 0.0483. The van der Waals surface area contributed by atoms with E-state index in [-0.39, 0.29) is 17.8 Å². The quantitative estimate of drug-likeness (QED) is 0.240. The third-order valence-electron chi connectivity index (χ3n) is 4.92. The molecule has 0 spiro atoms. The van der Waals surface area contributed by atoms with Crippen molar-refractivity contribution >= 4 is 11.7 Å². The van der Waals surface area contributed by atoms with Gasteiger partial charge in [-0.1, -0.05) is 37.8 Å². The lowest BCUT2D eigenvalue weighted by Gasteiger charge is -2.40. The zero-order valence-corrected chi connectivity index (χ0v) is 11.7. The van der Waals surface area contributed by atoms with Crippen LogP contribution in [0.25, 0.3) is 0 Å². The van der Waals surface area contributed by atoms with Gasteiger partial charge in [-0.3, -0.25) is 4.79 Å². The van der Waals surface area contributed by atoms with Crippen LogP contribution < -0.4 is 11.1 Å². The van der Waals surface area contributed by atoms with Gasteiger partial charge in [0.15, 0.2) is 5.84 Å². The Morgan fingerprint density at radius 2 is 1.95 bits per heavy atom. The summed E-state index contributed by atoms with van der Waals surface area (Å²) >= 11 is 0. The number of nitrogens with two attached hydrogens (primary N) is 1. The molecule has 0 radical (unpaired) electrons. The normalized spacial score (nSPS) is 31.1. The number of hydrogen-bond donors (Lipinski definition) is 3. The molecule has 0 aromatic heterocycles. The fraction of sp³-hybridized carbons (Fsp3) is 0.857. The van der Waals surface area contributed by atoms with Crippen molar-refractivity contribution in [3.8, 4) is 0 Å². The second kappa shape index (κ2) is 5.80. The summed E-state index contributed by atoms with van der Waals surface area (Å²) < 4.78 is 0. The van der Waals surface area contributed by atoms with Gasteiger partial charge in [0.25, 0.3) is 0 Å². The maximum atomic E-state index is 12.5. The van der Waals surface area contributed by atoms with Gasteiger partial charge in [0, 0.05) is 6.04 Å². The predicted molar refractivity (Wildman–Crippen MR) is 73.9 cm³/mol. The number of nitrogens with one attached hydrogen (secondary N) is 1. The first-order valence-corrected chi connectivity index (χ1v) is 7.39. The van der Waals surface area contributed by atoms with E-state index in [2.05, 4.69) is 17.4 Å². The smallest absolute Gasteiger partial charge is 0.234 e. The van der Waals surface area contributed by atoms with Gasteiger partial charge >= 0.3 is 0 Å². The fourth-order valence-electron chi connectivity index (χ4n) is 3.24. The molecule has 108 valence electrons. The predicted octanol–water partition coefficient (Wildman–Crippen LogP) is 1.99. The molecule has 2 aliphatic rings. The summed E-state index contributed by atoms with van der Waals surface area (Å²) in [4.78, 5) is 12.5. The Hall–Kier alpha value is -1.26. The van der Waals surface area contributed by atoms with E-state index >= 15 is 0 Å². The van der Waals surface area contributed by atoms with E-state index < -0.39 is 5.41 Å². The monoisotopic (exact) mass is 267 g/mol. The summed E-state index contributed by atoms with van der Waals surface area (Å²) in [5.41, 5.74) is 4.97. The molecule has 2 atom stereocenters. The summed E-state index contributed by atoms with van der Waals surface area (Å²) in [6.45, 7) is 2.20. The lowest BCUT2D eigenvalue weighted by atomic mass is 9.67. The second-order valence-electron chi connectivity index (χ2n) is 6.12. The summed E-state index contributed by atoms with van der Waals surface area (Å²) in [5, 5.41) is 15.1. The van der Waals surface area contributed by atoms with Crippen LogP contribution in [0.4, 0.5) is 0 Å². The van der Waals surface area contributed by atoms with E-state index in [9.17, 15) is 4.79 Å². The molecule has 4 N–H and O–H groups in total.